The van der Waals surface area contributed by atoms with Gasteiger partial charge in [-0.25, -0.2) is 4.99 Å². The Balaban J connectivity index is 1.13. The van der Waals surface area contributed by atoms with Crippen LogP contribution in [-0.4, -0.2) is 32.9 Å². The molecule has 1 aliphatic rings. The molecule has 278 valence electrons. The third-order valence-corrected chi connectivity index (χ3v) is 12.9. The van der Waals surface area contributed by atoms with Gasteiger partial charge in [0.2, 0.25) is 5.96 Å². The monoisotopic (exact) mass is 773 g/mol. The Kier molecular flexibility index (Phi) is 7.55. The van der Waals surface area contributed by atoms with Crippen molar-refractivity contribution in [2.75, 3.05) is 7.05 Å². The molecule has 3 aromatic heterocycles. The van der Waals surface area contributed by atoms with E-state index in [-0.39, 0.29) is 0 Å². The van der Waals surface area contributed by atoms with Crippen molar-refractivity contribution in [2.45, 2.75) is 0 Å². The quantitative estimate of drug-likeness (QED) is 0.175. The number of thiophene rings is 1. The molecule has 0 aliphatic carbocycles. The summed E-state index contributed by atoms with van der Waals surface area (Å²) in [5, 5.41) is 7.25. The van der Waals surface area contributed by atoms with Crippen LogP contribution in [0.5, 0.6) is 0 Å². The molecule has 0 fully saturated rings. The molecular weight excluding hydrogens is 739 g/mol. The third-order valence-electron chi connectivity index (χ3n) is 11.7. The molecule has 0 unspecified atom stereocenters. The van der Waals surface area contributed by atoms with Crippen LogP contribution in [0.1, 0.15) is 11.1 Å². The van der Waals surface area contributed by atoms with Crippen molar-refractivity contribution in [3.8, 4) is 16.8 Å². The van der Waals surface area contributed by atoms with Gasteiger partial charge in [0.1, 0.15) is 5.84 Å². The molecule has 4 heterocycles. The van der Waals surface area contributed by atoms with E-state index >= 15 is 0 Å². The van der Waals surface area contributed by atoms with Crippen LogP contribution < -0.4 is 0 Å². The first-order valence-corrected chi connectivity index (χ1v) is 20.7. The first kappa shape index (κ1) is 33.6. The molecule has 5 nitrogen and oxygen atoms in total. The molecule has 0 amide bonds. The van der Waals surface area contributed by atoms with Crippen LogP contribution in [0, 0.1) is 0 Å². The molecule has 0 saturated heterocycles. The van der Waals surface area contributed by atoms with Crippen LogP contribution in [0.25, 0.3) is 86.3 Å². The number of rotatable bonds is 4. The number of fused-ring (bicyclic) bond motifs is 10. The van der Waals surface area contributed by atoms with Crippen molar-refractivity contribution in [1.82, 2.24) is 14.0 Å². The molecular formula is C53H35N5S. The zero-order chi connectivity index (χ0) is 39.0. The Morgan fingerprint density at radius 3 is 1.75 bits per heavy atom. The first-order valence-electron chi connectivity index (χ1n) is 19.9. The number of hydrogen-bond acceptors (Lipinski definition) is 4. The van der Waals surface area contributed by atoms with E-state index < -0.39 is 0 Å². The highest BCUT2D eigenvalue weighted by Crippen LogP contribution is 2.43. The molecule has 0 atom stereocenters. The summed E-state index contributed by atoms with van der Waals surface area (Å²) >= 11 is 1.83. The zero-order valence-electron chi connectivity index (χ0n) is 32.1. The smallest absolute Gasteiger partial charge is 0.237 e. The molecule has 59 heavy (non-hydrogen) atoms. The lowest BCUT2D eigenvalue weighted by Gasteiger charge is -2.17. The number of aliphatic imine (C=N–C) groups is 2. The largest absolute Gasteiger partial charge is 0.333 e. The lowest BCUT2D eigenvalue weighted by Crippen LogP contribution is -2.24. The molecule has 11 aromatic rings. The summed E-state index contributed by atoms with van der Waals surface area (Å²) in [7, 11) is 2.08. The molecule has 0 spiro atoms. The van der Waals surface area contributed by atoms with Crippen molar-refractivity contribution in [2.24, 2.45) is 9.98 Å². The van der Waals surface area contributed by atoms with Crippen molar-refractivity contribution >= 4 is 92.6 Å². The Hall–Kier alpha value is -7.54. The summed E-state index contributed by atoms with van der Waals surface area (Å²) in [6.07, 6.45) is 2.15. The third kappa shape index (κ3) is 5.23. The maximum absolute atomic E-state index is 5.61. The maximum atomic E-state index is 5.61. The molecule has 6 heteroatoms. The predicted molar refractivity (Wildman–Crippen MR) is 250 cm³/mol. The van der Waals surface area contributed by atoms with Crippen LogP contribution >= 0.6 is 11.3 Å². The minimum atomic E-state index is 0.612. The molecule has 8 aromatic carbocycles. The van der Waals surface area contributed by atoms with Crippen molar-refractivity contribution in [1.29, 1.82) is 0 Å². The van der Waals surface area contributed by atoms with E-state index in [2.05, 4.69) is 209 Å². The normalized spacial score (nSPS) is 13.4. The van der Waals surface area contributed by atoms with Gasteiger partial charge >= 0.3 is 0 Å². The highest BCUT2D eigenvalue weighted by atomic mass is 32.1. The van der Waals surface area contributed by atoms with Gasteiger partial charge in [0.25, 0.3) is 0 Å². The van der Waals surface area contributed by atoms with Crippen LogP contribution in [0.4, 0.5) is 0 Å². The van der Waals surface area contributed by atoms with Crippen molar-refractivity contribution < 1.29 is 0 Å². The highest BCUT2D eigenvalue weighted by molar-refractivity contribution is 7.26. The summed E-state index contributed by atoms with van der Waals surface area (Å²) < 4.78 is 7.11. The Morgan fingerprint density at radius 1 is 0.441 bits per heavy atom. The van der Waals surface area contributed by atoms with Crippen molar-refractivity contribution in [3.63, 3.8) is 0 Å². The van der Waals surface area contributed by atoms with Crippen LogP contribution in [0.3, 0.4) is 0 Å². The highest BCUT2D eigenvalue weighted by Gasteiger charge is 2.25. The van der Waals surface area contributed by atoms with Gasteiger partial charge in [0.05, 0.1) is 27.8 Å². The summed E-state index contributed by atoms with van der Waals surface area (Å²) in [6.45, 7) is 0. The van der Waals surface area contributed by atoms with Gasteiger partial charge in [0.15, 0.2) is 0 Å². The van der Waals surface area contributed by atoms with Gasteiger partial charge in [-0.1, -0.05) is 146 Å². The Labute approximate surface area is 344 Å². The van der Waals surface area contributed by atoms with E-state index in [1.165, 1.54) is 53.0 Å². The molecule has 0 bridgehead atoms. The second-order valence-corrected chi connectivity index (χ2v) is 16.1. The van der Waals surface area contributed by atoms with Gasteiger partial charge in [-0.05, 0) is 53.6 Å². The molecule has 0 saturated carbocycles. The van der Waals surface area contributed by atoms with Gasteiger partial charge in [-0.15, -0.1) is 11.3 Å². The van der Waals surface area contributed by atoms with Crippen LogP contribution in [-0.2, 0) is 0 Å². The molecule has 0 radical (unpaired) electrons. The fraction of sp³-hybridized carbons (Fsp3) is 0.0189. The molecule has 1 aliphatic heterocycles. The minimum absolute atomic E-state index is 0.612. The van der Waals surface area contributed by atoms with Crippen LogP contribution in [0.2, 0.25) is 0 Å². The number of nitrogens with zero attached hydrogens (tertiary/aromatic N) is 5. The number of amidine groups is 1. The number of benzene rings is 8. The standard InChI is InChI=1S/C53H35N5S/c1-56-33-43(40-25-15-24-39-38-29-28-36(32-48(38)59-51(39)40)34-16-5-2-6-17-34)54-53(55-52(56)35-18-7-3-8-19-35)58-45-27-14-12-23-42(45)50-47(58)31-30-46-49(50)41-22-11-13-26-44(41)57(46)37-20-9-4-10-21-37/h2-33H,1H3. The number of aromatic nitrogens is 2. The van der Waals surface area contributed by atoms with E-state index in [0.29, 0.717) is 5.96 Å². The van der Waals surface area contributed by atoms with E-state index in [9.17, 15) is 0 Å². The second kappa shape index (κ2) is 13.3. The van der Waals surface area contributed by atoms with Gasteiger partial charge < -0.3 is 9.47 Å². The van der Waals surface area contributed by atoms with E-state index in [1.54, 1.807) is 0 Å². The minimum Gasteiger partial charge on any atom is -0.333 e. The summed E-state index contributed by atoms with van der Waals surface area (Å²) in [5.74, 6) is 1.43. The average molecular weight is 774 g/mol. The Bertz CT molecular complexity index is 3550. The van der Waals surface area contributed by atoms with Crippen molar-refractivity contribution in [3.05, 3.63) is 205 Å². The zero-order valence-corrected chi connectivity index (χ0v) is 32.9. The lowest BCUT2D eigenvalue weighted by molar-refractivity contribution is 0.693. The average Bonchev–Trinajstić information content (AvgIpc) is 3.91. The lowest BCUT2D eigenvalue weighted by atomic mass is 10.0. The summed E-state index contributed by atoms with van der Waals surface area (Å²) in [5.41, 5.74) is 11.0. The fourth-order valence-electron chi connectivity index (χ4n) is 9.06. The Morgan fingerprint density at radius 2 is 1.03 bits per heavy atom. The van der Waals surface area contributed by atoms with Gasteiger partial charge in [-0.2, -0.15) is 4.99 Å². The summed E-state index contributed by atoms with van der Waals surface area (Å²) in [6, 6.07) is 67.1. The topological polar surface area (TPSA) is 37.8 Å². The van der Waals surface area contributed by atoms with Gasteiger partial charge in [-0.3, -0.25) is 4.57 Å². The maximum Gasteiger partial charge on any atom is 0.237 e. The molecule has 0 N–H and O–H groups in total. The first-order chi connectivity index (χ1) is 29.2. The van der Waals surface area contributed by atoms with E-state index in [4.69, 9.17) is 9.98 Å². The van der Waals surface area contributed by atoms with E-state index in [0.717, 1.165) is 50.3 Å². The predicted octanol–water partition coefficient (Wildman–Crippen LogP) is 13.5. The number of hydrogen-bond donors (Lipinski definition) is 0. The molecule has 12 rings (SSSR count). The van der Waals surface area contributed by atoms with Crippen LogP contribution in [0.15, 0.2) is 204 Å². The fourth-order valence-corrected chi connectivity index (χ4v) is 10.3. The SMILES string of the molecule is CN1C=C(c2cccc3c2sc2cc(-c4ccccc4)ccc23)N=C(n2c3ccccc3c3c4c5ccccc5n(-c5ccccc5)c4ccc32)N=C1c1ccccc1. The van der Waals surface area contributed by atoms with Gasteiger partial charge in [0, 0.05) is 71.8 Å². The second-order valence-electron chi connectivity index (χ2n) is 15.1. The number of para-hydroxylation sites is 3. The summed E-state index contributed by atoms with van der Waals surface area (Å²) in [4.78, 5) is 13.2. The van der Waals surface area contributed by atoms with E-state index in [1.807, 2.05) is 17.4 Å².